The summed E-state index contributed by atoms with van der Waals surface area (Å²) in [6.07, 6.45) is 7.54. The first-order valence-electron chi connectivity index (χ1n) is 8.73. The molecule has 0 saturated heterocycles. The molecule has 0 aliphatic heterocycles. The Labute approximate surface area is 160 Å². The van der Waals surface area contributed by atoms with Gasteiger partial charge >= 0.3 is 11.9 Å². The number of methoxy groups -OCH3 is 1. The zero-order valence-corrected chi connectivity index (χ0v) is 16.0. The van der Waals surface area contributed by atoms with Crippen LogP contribution in [0.15, 0.2) is 12.4 Å². The van der Waals surface area contributed by atoms with Gasteiger partial charge in [0, 0.05) is 11.1 Å². The maximum atomic E-state index is 12.6. The number of thiophene rings is 1. The van der Waals surface area contributed by atoms with Crippen LogP contribution in [0.25, 0.3) is 0 Å². The van der Waals surface area contributed by atoms with E-state index in [1.54, 1.807) is 0 Å². The third kappa shape index (κ3) is 3.87. The van der Waals surface area contributed by atoms with E-state index in [0.717, 1.165) is 42.5 Å². The molecule has 2 aromatic rings. The monoisotopic (exact) mass is 391 g/mol. The van der Waals surface area contributed by atoms with E-state index in [-0.39, 0.29) is 5.56 Å². The van der Waals surface area contributed by atoms with Gasteiger partial charge in [-0.15, -0.1) is 11.3 Å². The number of ether oxygens (including phenoxy) is 1. The summed E-state index contributed by atoms with van der Waals surface area (Å²) in [6, 6.07) is -0.880. The van der Waals surface area contributed by atoms with Crippen molar-refractivity contribution in [2.45, 2.75) is 45.1 Å². The molecule has 2 N–H and O–H groups in total. The van der Waals surface area contributed by atoms with Crippen LogP contribution >= 0.6 is 11.3 Å². The predicted molar refractivity (Wildman–Crippen MR) is 99.4 cm³/mol. The summed E-state index contributed by atoms with van der Waals surface area (Å²) in [7, 11) is 1.33. The smallest absolute Gasteiger partial charge is 0.341 e. The van der Waals surface area contributed by atoms with Gasteiger partial charge in [0.25, 0.3) is 5.91 Å². The fourth-order valence-corrected chi connectivity index (χ4v) is 4.38. The maximum Gasteiger partial charge on any atom is 0.341 e. The second-order valence-electron chi connectivity index (χ2n) is 6.44. The second kappa shape index (κ2) is 7.91. The van der Waals surface area contributed by atoms with Gasteiger partial charge in [-0.05, 0) is 38.2 Å². The van der Waals surface area contributed by atoms with E-state index in [1.807, 2.05) is 0 Å². The van der Waals surface area contributed by atoms with Gasteiger partial charge in [-0.2, -0.15) is 5.10 Å². The minimum atomic E-state index is -1.04. The molecule has 9 heteroatoms. The minimum Gasteiger partial charge on any atom is -0.480 e. The number of hydrogen-bond donors (Lipinski definition) is 2. The molecule has 0 aromatic carbocycles. The van der Waals surface area contributed by atoms with E-state index in [2.05, 4.69) is 10.4 Å². The predicted octanol–water partition coefficient (Wildman–Crippen LogP) is 2.90. The number of rotatable bonds is 5. The first kappa shape index (κ1) is 19.1. The molecule has 1 atom stereocenters. The number of aryl methyl sites for hydroxylation is 1. The Morgan fingerprint density at radius 2 is 2.04 bits per heavy atom. The minimum absolute atomic E-state index is 0.225. The van der Waals surface area contributed by atoms with Crippen LogP contribution in [0, 0.1) is 0 Å². The highest BCUT2D eigenvalue weighted by atomic mass is 32.1. The Hall–Kier alpha value is -2.68. The molecule has 1 amide bonds. The number of esters is 1. The van der Waals surface area contributed by atoms with Crippen LogP contribution in [-0.4, -0.2) is 39.8 Å². The number of nitrogens with zero attached hydrogens (tertiary/aromatic N) is 2. The number of aliphatic carboxylic acids is 1. The molecule has 0 bridgehead atoms. The molecule has 2 heterocycles. The third-order valence-electron chi connectivity index (χ3n) is 4.66. The first-order valence-corrected chi connectivity index (χ1v) is 9.55. The standard InChI is InChI=1S/C18H21N3O5S/c1-10(17(23)24)21-9-11(8-19-21)15(22)20-16-14(18(25)26-2)12-6-4-3-5-7-13(12)27-16/h8-10H,3-7H2,1-2H3,(H,20,22)(H,23,24). The average Bonchev–Trinajstić information content (AvgIpc) is 3.19. The number of fused-ring (bicyclic) bond motifs is 1. The number of carbonyl (C=O) groups excluding carboxylic acids is 2. The van der Waals surface area contributed by atoms with Crippen LogP contribution in [0.3, 0.4) is 0 Å². The zero-order chi connectivity index (χ0) is 19.6. The largest absolute Gasteiger partial charge is 0.480 e. The summed E-state index contributed by atoms with van der Waals surface area (Å²) in [5, 5.41) is 16.2. The van der Waals surface area contributed by atoms with Gasteiger partial charge in [-0.25, -0.2) is 9.59 Å². The van der Waals surface area contributed by atoms with Crippen molar-refractivity contribution < 1.29 is 24.2 Å². The van der Waals surface area contributed by atoms with Gasteiger partial charge in [0.2, 0.25) is 0 Å². The molecule has 1 aliphatic rings. The summed E-state index contributed by atoms with van der Waals surface area (Å²) < 4.78 is 6.14. The molecule has 0 spiro atoms. The van der Waals surface area contributed by atoms with E-state index in [1.165, 1.54) is 42.4 Å². The highest BCUT2D eigenvalue weighted by Crippen LogP contribution is 2.38. The van der Waals surface area contributed by atoms with Crippen LogP contribution in [0.2, 0.25) is 0 Å². The summed E-state index contributed by atoms with van der Waals surface area (Å²) in [5.74, 6) is -1.94. The molecule has 0 radical (unpaired) electrons. The molecule has 2 aromatic heterocycles. The summed E-state index contributed by atoms with van der Waals surface area (Å²) in [5.41, 5.74) is 1.62. The molecule has 3 rings (SSSR count). The van der Waals surface area contributed by atoms with Gasteiger partial charge < -0.3 is 15.2 Å². The number of aromatic nitrogens is 2. The van der Waals surface area contributed by atoms with Crippen LogP contribution in [-0.2, 0) is 22.4 Å². The third-order valence-corrected chi connectivity index (χ3v) is 5.86. The quantitative estimate of drug-likeness (QED) is 0.599. The Morgan fingerprint density at radius 1 is 1.30 bits per heavy atom. The Bertz CT molecular complexity index is 886. The van der Waals surface area contributed by atoms with Gasteiger partial charge in [0.1, 0.15) is 11.0 Å². The van der Waals surface area contributed by atoms with Crippen molar-refractivity contribution in [2.24, 2.45) is 0 Å². The van der Waals surface area contributed by atoms with Crippen molar-refractivity contribution in [1.82, 2.24) is 9.78 Å². The lowest BCUT2D eigenvalue weighted by Crippen LogP contribution is -2.16. The highest BCUT2D eigenvalue weighted by molar-refractivity contribution is 7.17. The van der Waals surface area contributed by atoms with Crippen molar-refractivity contribution in [1.29, 1.82) is 0 Å². The molecule has 0 fully saturated rings. The van der Waals surface area contributed by atoms with Gasteiger partial charge in [-0.1, -0.05) is 6.42 Å². The number of hydrogen-bond acceptors (Lipinski definition) is 6. The number of carboxylic acids is 1. The van der Waals surface area contributed by atoms with Crippen LogP contribution in [0.5, 0.6) is 0 Å². The van der Waals surface area contributed by atoms with Crippen molar-refractivity contribution >= 4 is 34.2 Å². The van der Waals surface area contributed by atoms with Crippen molar-refractivity contribution in [3.05, 3.63) is 34.0 Å². The number of carbonyl (C=O) groups is 3. The van der Waals surface area contributed by atoms with Crippen molar-refractivity contribution in [3.63, 3.8) is 0 Å². The van der Waals surface area contributed by atoms with E-state index < -0.39 is 23.9 Å². The molecule has 27 heavy (non-hydrogen) atoms. The van der Waals surface area contributed by atoms with E-state index >= 15 is 0 Å². The summed E-state index contributed by atoms with van der Waals surface area (Å²) in [6.45, 7) is 1.47. The molecular weight excluding hydrogens is 370 g/mol. The maximum absolute atomic E-state index is 12.6. The average molecular weight is 391 g/mol. The van der Waals surface area contributed by atoms with Crippen LogP contribution in [0.1, 0.15) is 63.4 Å². The Balaban J connectivity index is 1.88. The Morgan fingerprint density at radius 3 is 2.74 bits per heavy atom. The second-order valence-corrected chi connectivity index (χ2v) is 7.54. The summed E-state index contributed by atoms with van der Waals surface area (Å²) in [4.78, 5) is 37.1. The van der Waals surface area contributed by atoms with Crippen molar-refractivity contribution in [2.75, 3.05) is 12.4 Å². The molecular formula is C18H21N3O5S. The zero-order valence-electron chi connectivity index (χ0n) is 15.2. The SMILES string of the molecule is COC(=O)c1c(NC(=O)c2cnn(C(C)C(=O)O)c2)sc2c1CCCCC2. The van der Waals surface area contributed by atoms with Crippen LogP contribution in [0.4, 0.5) is 5.00 Å². The topological polar surface area (TPSA) is 111 Å². The lowest BCUT2D eigenvalue weighted by atomic mass is 10.1. The van der Waals surface area contributed by atoms with Gasteiger partial charge in [-0.3, -0.25) is 9.48 Å². The molecule has 8 nitrogen and oxygen atoms in total. The van der Waals surface area contributed by atoms with E-state index in [9.17, 15) is 14.4 Å². The number of nitrogens with one attached hydrogen (secondary N) is 1. The van der Waals surface area contributed by atoms with E-state index in [4.69, 9.17) is 9.84 Å². The van der Waals surface area contributed by atoms with Crippen molar-refractivity contribution in [3.8, 4) is 0 Å². The highest BCUT2D eigenvalue weighted by Gasteiger charge is 2.27. The lowest BCUT2D eigenvalue weighted by molar-refractivity contribution is -0.140. The number of amides is 1. The van der Waals surface area contributed by atoms with E-state index in [0.29, 0.717) is 10.6 Å². The van der Waals surface area contributed by atoms with Gasteiger partial charge in [0.15, 0.2) is 0 Å². The lowest BCUT2D eigenvalue weighted by Gasteiger charge is -2.07. The summed E-state index contributed by atoms with van der Waals surface area (Å²) >= 11 is 1.41. The normalized spacial score (nSPS) is 14.7. The fourth-order valence-electron chi connectivity index (χ4n) is 3.10. The molecule has 0 saturated carbocycles. The fraction of sp³-hybridized carbons (Fsp3) is 0.444. The first-order chi connectivity index (χ1) is 12.9. The molecule has 1 unspecified atom stereocenters. The van der Waals surface area contributed by atoms with Crippen LogP contribution < -0.4 is 5.32 Å². The van der Waals surface area contributed by atoms with Gasteiger partial charge in [0.05, 0.1) is 24.4 Å². The molecule has 1 aliphatic carbocycles. The Kier molecular flexibility index (Phi) is 5.59. The number of carboxylic acid groups (broad SMARTS) is 1. The number of anilines is 1. The molecule has 144 valence electrons.